The van der Waals surface area contributed by atoms with Gasteiger partial charge in [-0.2, -0.15) is 0 Å². The Kier molecular flexibility index (Phi) is 7.78. The van der Waals surface area contributed by atoms with Gasteiger partial charge in [0.1, 0.15) is 0 Å². The first-order valence-electron chi connectivity index (χ1n) is 20.3. The maximum absolute atomic E-state index is 5.35. The van der Waals surface area contributed by atoms with Crippen molar-refractivity contribution in [2.24, 2.45) is 21.8 Å². The van der Waals surface area contributed by atoms with E-state index in [1.807, 2.05) is 0 Å². The minimum Gasteiger partial charge on any atom is -0.337 e. The smallest absolute Gasteiger partial charge is 0.155 e. The van der Waals surface area contributed by atoms with Crippen LogP contribution < -0.4 is 4.90 Å². The van der Waals surface area contributed by atoms with Gasteiger partial charge in [-0.3, -0.25) is 4.99 Å². The van der Waals surface area contributed by atoms with Crippen LogP contribution in [0.25, 0.3) is 0 Å². The van der Waals surface area contributed by atoms with E-state index in [2.05, 4.69) is 156 Å². The summed E-state index contributed by atoms with van der Waals surface area (Å²) in [6, 6.07) is 9.89. The van der Waals surface area contributed by atoms with Crippen LogP contribution in [0.3, 0.4) is 0 Å². The molecule has 6 unspecified atom stereocenters. The lowest BCUT2D eigenvalue weighted by atomic mass is 9.75. The van der Waals surface area contributed by atoms with E-state index < -0.39 is 0 Å². The molecule has 0 radical (unpaired) electrons. The zero-order chi connectivity index (χ0) is 35.6. The lowest BCUT2D eigenvalue weighted by molar-refractivity contribution is 0.358. The van der Waals surface area contributed by atoms with Gasteiger partial charge in [0.15, 0.2) is 5.84 Å². The molecule has 0 spiro atoms. The minimum atomic E-state index is 0.107. The van der Waals surface area contributed by atoms with Crippen LogP contribution in [-0.2, 0) is 0 Å². The van der Waals surface area contributed by atoms with Crippen molar-refractivity contribution in [3.05, 3.63) is 196 Å². The van der Waals surface area contributed by atoms with E-state index in [1.54, 1.807) is 5.57 Å². The Morgan fingerprint density at radius 2 is 1.61 bits per heavy atom. The molecule has 4 heteroatoms. The summed E-state index contributed by atoms with van der Waals surface area (Å²) in [5.74, 6) is 1.86. The highest BCUT2D eigenvalue weighted by atomic mass is 15.2. The van der Waals surface area contributed by atoms with Crippen molar-refractivity contribution in [2.45, 2.75) is 75.4 Å². The molecule has 0 amide bonds. The highest BCUT2D eigenvalue weighted by molar-refractivity contribution is 6.15. The molecule has 54 heavy (non-hydrogen) atoms. The minimum absolute atomic E-state index is 0.107. The molecule has 3 aliphatic heterocycles. The van der Waals surface area contributed by atoms with Crippen LogP contribution in [0.2, 0.25) is 0 Å². The fraction of sp³-hybridized carbons (Fsp3) is 0.280. The quantitative estimate of drug-likeness (QED) is 0.306. The van der Waals surface area contributed by atoms with Crippen LogP contribution in [0.4, 0.5) is 5.69 Å². The van der Waals surface area contributed by atoms with Crippen molar-refractivity contribution in [3.8, 4) is 0 Å². The number of nitrogens with zero attached hydrogens (tertiary/aromatic N) is 4. The Hall–Kier alpha value is -5.48. The second-order valence-corrected chi connectivity index (χ2v) is 16.0. The molecule has 4 nitrogen and oxygen atoms in total. The maximum atomic E-state index is 5.35. The molecule has 1 aromatic rings. The number of hydrogen-bond donors (Lipinski definition) is 0. The van der Waals surface area contributed by atoms with Gasteiger partial charge >= 0.3 is 0 Å². The molecule has 7 aliphatic carbocycles. The third-order valence-corrected chi connectivity index (χ3v) is 13.0. The second kappa shape index (κ2) is 13.1. The highest BCUT2D eigenvalue weighted by Gasteiger charge is 2.51. The molecule has 266 valence electrons. The number of hydrogen-bond acceptors (Lipinski definition) is 4. The standard InChI is InChI=1S/C50H46N4/c1-4-15-33(16-5-1)42-32-43(52-50(51-42)34-17-6-2-7-18-34)39-24-14-19-35-31-37(27-28-38(35)39)54-45-26-13-11-23-41(45)49-47(54)30-29-46-48(49)40-22-10-12-25-44(40)53(46)36-20-8-3-9-21-36/h3-4,6,8,10-20,22-27,29-31,38,40,42,44,47,49H,1-2,5,7,9,21,28,32H2. The summed E-state index contributed by atoms with van der Waals surface area (Å²) in [6.07, 6.45) is 55.4. The Bertz CT molecular complexity index is 2330. The number of fused-ring (bicyclic) bond motifs is 7. The van der Waals surface area contributed by atoms with Crippen molar-refractivity contribution in [1.82, 2.24) is 4.90 Å². The Morgan fingerprint density at radius 3 is 2.48 bits per heavy atom. The first-order valence-corrected chi connectivity index (χ1v) is 20.3. The van der Waals surface area contributed by atoms with Crippen molar-refractivity contribution in [1.29, 1.82) is 0 Å². The van der Waals surface area contributed by atoms with E-state index in [9.17, 15) is 0 Å². The van der Waals surface area contributed by atoms with Crippen molar-refractivity contribution in [3.63, 3.8) is 0 Å². The van der Waals surface area contributed by atoms with Crippen molar-refractivity contribution in [2.75, 3.05) is 4.90 Å². The molecule has 6 atom stereocenters. The largest absolute Gasteiger partial charge is 0.337 e. The van der Waals surface area contributed by atoms with Gasteiger partial charge in [-0.1, -0.05) is 121 Å². The van der Waals surface area contributed by atoms with Gasteiger partial charge in [0.05, 0.1) is 18.1 Å². The predicted octanol–water partition coefficient (Wildman–Crippen LogP) is 10.9. The van der Waals surface area contributed by atoms with E-state index in [0.29, 0.717) is 17.9 Å². The topological polar surface area (TPSA) is 31.2 Å². The summed E-state index contributed by atoms with van der Waals surface area (Å²) in [5.41, 5.74) is 15.0. The normalized spacial score (nSPS) is 31.3. The fourth-order valence-electron chi connectivity index (χ4n) is 10.6. The van der Waals surface area contributed by atoms with E-state index in [-0.39, 0.29) is 18.0 Å². The first kappa shape index (κ1) is 32.0. The molecule has 3 heterocycles. The number of para-hydroxylation sites is 1. The molecular weight excluding hydrogens is 657 g/mol. The van der Waals surface area contributed by atoms with E-state index in [0.717, 1.165) is 57.2 Å². The summed E-state index contributed by atoms with van der Waals surface area (Å²) in [4.78, 5) is 15.9. The number of benzene rings is 1. The molecule has 1 aromatic carbocycles. The van der Waals surface area contributed by atoms with E-state index in [4.69, 9.17) is 9.98 Å². The molecule has 10 aliphatic rings. The molecule has 0 saturated heterocycles. The summed E-state index contributed by atoms with van der Waals surface area (Å²) >= 11 is 0. The van der Waals surface area contributed by atoms with E-state index >= 15 is 0 Å². The monoisotopic (exact) mass is 702 g/mol. The summed E-state index contributed by atoms with van der Waals surface area (Å²) in [5, 5.41) is 0. The van der Waals surface area contributed by atoms with Crippen molar-refractivity contribution < 1.29 is 0 Å². The SMILES string of the molecule is C1=CCCC(N2C3=C(C4C=CC=CC42)C2c4ccccc4N(C4=CCC5C(=C4)C=CC=C5C4=NC(C5=CCCC=C5)=NC(C5=CCCC=C5)C4)C2C=C3)=C1. The van der Waals surface area contributed by atoms with Gasteiger partial charge in [0.25, 0.3) is 0 Å². The van der Waals surface area contributed by atoms with Crippen LogP contribution >= 0.6 is 0 Å². The zero-order valence-corrected chi connectivity index (χ0v) is 30.8. The number of rotatable bonds is 5. The third-order valence-electron chi connectivity index (χ3n) is 13.0. The highest BCUT2D eigenvalue weighted by Crippen LogP contribution is 2.57. The Morgan fingerprint density at radius 1 is 0.704 bits per heavy atom. The second-order valence-electron chi connectivity index (χ2n) is 16.0. The molecular formula is C50H46N4. The Labute approximate surface area is 319 Å². The molecule has 0 saturated carbocycles. The summed E-state index contributed by atoms with van der Waals surface area (Å²) in [6.45, 7) is 0. The van der Waals surface area contributed by atoms with Gasteiger partial charge < -0.3 is 9.80 Å². The lowest BCUT2D eigenvalue weighted by Crippen LogP contribution is -2.35. The van der Waals surface area contributed by atoms with Crippen LogP contribution in [0.1, 0.15) is 62.8 Å². The van der Waals surface area contributed by atoms with E-state index in [1.165, 1.54) is 56.3 Å². The molecule has 0 fully saturated rings. The fourth-order valence-corrected chi connectivity index (χ4v) is 10.6. The summed E-state index contributed by atoms with van der Waals surface area (Å²) < 4.78 is 0. The maximum Gasteiger partial charge on any atom is 0.155 e. The van der Waals surface area contributed by atoms with Gasteiger partial charge in [-0.25, -0.2) is 4.99 Å². The van der Waals surface area contributed by atoms with Crippen LogP contribution in [-0.4, -0.2) is 34.6 Å². The number of amidine groups is 1. The molecule has 0 aromatic heterocycles. The average molecular weight is 703 g/mol. The summed E-state index contributed by atoms with van der Waals surface area (Å²) in [7, 11) is 0. The Balaban J connectivity index is 0.925. The zero-order valence-electron chi connectivity index (χ0n) is 30.8. The molecule has 0 bridgehead atoms. The van der Waals surface area contributed by atoms with Crippen LogP contribution in [0, 0.1) is 11.8 Å². The first-order chi connectivity index (χ1) is 26.8. The number of aliphatic imine (C=N–C) groups is 2. The van der Waals surface area contributed by atoms with Crippen molar-refractivity contribution >= 4 is 17.2 Å². The molecule has 11 rings (SSSR count). The predicted molar refractivity (Wildman–Crippen MR) is 223 cm³/mol. The van der Waals surface area contributed by atoms with Crippen LogP contribution in [0.15, 0.2) is 201 Å². The third kappa shape index (κ3) is 5.17. The number of anilines is 1. The van der Waals surface area contributed by atoms with Gasteiger partial charge in [0, 0.05) is 58.2 Å². The van der Waals surface area contributed by atoms with Gasteiger partial charge in [0.2, 0.25) is 0 Å². The number of allylic oxidation sites excluding steroid dienone is 18. The van der Waals surface area contributed by atoms with Gasteiger partial charge in [-0.05, 0) is 97.1 Å². The van der Waals surface area contributed by atoms with Gasteiger partial charge in [-0.15, -0.1) is 0 Å². The lowest BCUT2D eigenvalue weighted by Gasteiger charge is -2.36. The average Bonchev–Trinajstić information content (AvgIpc) is 3.77. The molecule has 0 N–H and O–H groups in total. The van der Waals surface area contributed by atoms with Crippen LogP contribution in [0.5, 0.6) is 0 Å².